The topological polar surface area (TPSA) is 186 Å². The Kier molecular flexibility index (Phi) is 11.3. The van der Waals surface area contributed by atoms with Crippen LogP contribution in [0.3, 0.4) is 0 Å². The number of carbonyl (C=O) groups is 2. The Bertz CT molecular complexity index is 1600. The maximum absolute atomic E-state index is 13.6. The Morgan fingerprint density at radius 1 is 1.07 bits per heavy atom. The van der Waals surface area contributed by atoms with E-state index in [1.165, 1.54) is 18.2 Å². The second kappa shape index (κ2) is 14.2. The number of aliphatic carboxylic acids is 1. The van der Waals surface area contributed by atoms with Crippen LogP contribution in [0.1, 0.15) is 22.3 Å². The summed E-state index contributed by atoms with van der Waals surface area (Å²) >= 11 is 0. The number of carboxylic acids is 1. The van der Waals surface area contributed by atoms with Crippen LogP contribution in [0.15, 0.2) is 66.7 Å². The van der Waals surface area contributed by atoms with Crippen molar-refractivity contribution >= 4 is 27.7 Å². The summed E-state index contributed by atoms with van der Waals surface area (Å²) in [5.74, 6) is -3.86. The van der Waals surface area contributed by atoms with Crippen molar-refractivity contribution in [2.75, 3.05) is 6.26 Å². The normalized spacial score (nSPS) is 11.8. The van der Waals surface area contributed by atoms with Gasteiger partial charge >= 0.3 is 12.1 Å². The van der Waals surface area contributed by atoms with Crippen LogP contribution in [0.2, 0.25) is 0 Å². The van der Waals surface area contributed by atoms with Gasteiger partial charge in [-0.15, -0.1) is 0 Å². The van der Waals surface area contributed by atoms with Crippen LogP contribution >= 0.6 is 0 Å². The molecular formula is C27H25F4N5O5S. The fourth-order valence-electron chi connectivity index (χ4n) is 3.52. The molecule has 10 nitrogen and oxygen atoms in total. The summed E-state index contributed by atoms with van der Waals surface area (Å²) in [5.41, 5.74) is 8.82. The number of nitrogen functional groups attached to an aromatic ring is 1. The molecule has 0 aliphatic carbocycles. The van der Waals surface area contributed by atoms with Gasteiger partial charge in [0.05, 0.1) is 17.9 Å². The first-order valence-corrected chi connectivity index (χ1v) is 13.7. The molecule has 0 fully saturated rings. The van der Waals surface area contributed by atoms with Gasteiger partial charge < -0.3 is 16.2 Å². The van der Waals surface area contributed by atoms with E-state index >= 15 is 0 Å². The van der Waals surface area contributed by atoms with Gasteiger partial charge in [0.15, 0.2) is 0 Å². The van der Waals surface area contributed by atoms with Crippen LogP contribution in [0.25, 0.3) is 11.1 Å². The number of nitriles is 1. The predicted molar refractivity (Wildman–Crippen MR) is 145 cm³/mol. The fraction of sp³-hybridized carbons (Fsp3) is 0.185. The van der Waals surface area contributed by atoms with Crippen molar-refractivity contribution < 1.29 is 40.7 Å². The monoisotopic (exact) mass is 607 g/mol. The van der Waals surface area contributed by atoms with Gasteiger partial charge in [0, 0.05) is 17.7 Å². The molecule has 0 aliphatic rings. The molecular weight excluding hydrogens is 582 g/mol. The first-order chi connectivity index (χ1) is 19.5. The number of rotatable bonds is 9. The Hall–Kier alpha value is -4.81. The number of nitrogens with zero attached hydrogens (tertiary/aromatic N) is 1. The highest BCUT2D eigenvalue weighted by atomic mass is 32.2. The Labute approximate surface area is 238 Å². The van der Waals surface area contributed by atoms with Gasteiger partial charge in [-0.2, -0.15) is 18.4 Å². The van der Waals surface area contributed by atoms with Crippen LogP contribution in [0.4, 0.5) is 17.6 Å². The number of carbonyl (C=O) groups excluding carboxylic acids is 1. The van der Waals surface area contributed by atoms with Crippen molar-refractivity contribution in [3.63, 3.8) is 0 Å². The number of amidine groups is 1. The number of nitrogens with one attached hydrogen (secondary N) is 3. The summed E-state index contributed by atoms with van der Waals surface area (Å²) < 4.78 is 71.4. The number of sulfonamides is 1. The van der Waals surface area contributed by atoms with E-state index in [9.17, 15) is 36.0 Å². The smallest absolute Gasteiger partial charge is 0.475 e. The van der Waals surface area contributed by atoms with E-state index < -0.39 is 39.9 Å². The lowest BCUT2D eigenvalue weighted by Gasteiger charge is -2.18. The van der Waals surface area contributed by atoms with E-state index in [4.69, 9.17) is 21.0 Å². The molecule has 0 unspecified atom stereocenters. The molecule has 1 amide bonds. The van der Waals surface area contributed by atoms with Crippen molar-refractivity contribution in [2.24, 2.45) is 5.73 Å². The maximum atomic E-state index is 13.6. The zero-order valence-corrected chi connectivity index (χ0v) is 22.7. The van der Waals surface area contributed by atoms with Crippen molar-refractivity contribution in [3.05, 3.63) is 94.8 Å². The minimum atomic E-state index is -5.08. The number of hydrogen-bond donors (Lipinski definition) is 5. The number of carboxylic acid groups (broad SMARTS) is 1. The van der Waals surface area contributed by atoms with Crippen molar-refractivity contribution in [1.82, 2.24) is 10.0 Å². The lowest BCUT2D eigenvalue weighted by atomic mass is 9.99. The van der Waals surface area contributed by atoms with Crippen molar-refractivity contribution in [2.45, 2.75) is 25.2 Å². The summed E-state index contributed by atoms with van der Waals surface area (Å²) in [5, 5.41) is 26.7. The zero-order valence-electron chi connectivity index (χ0n) is 21.9. The zero-order chi connectivity index (χ0) is 31.7. The molecule has 15 heteroatoms. The van der Waals surface area contributed by atoms with Crippen molar-refractivity contribution in [3.8, 4) is 17.2 Å². The van der Waals surface area contributed by atoms with Crippen LogP contribution in [0.5, 0.6) is 0 Å². The molecule has 6 N–H and O–H groups in total. The van der Waals surface area contributed by atoms with Crippen molar-refractivity contribution in [1.29, 1.82) is 10.7 Å². The molecule has 3 aromatic carbocycles. The second-order valence-corrected chi connectivity index (χ2v) is 10.6. The first-order valence-electron chi connectivity index (χ1n) is 11.8. The Morgan fingerprint density at radius 3 is 2.21 bits per heavy atom. The minimum Gasteiger partial charge on any atom is -0.475 e. The number of amides is 1. The lowest BCUT2D eigenvalue weighted by molar-refractivity contribution is -0.192. The number of alkyl halides is 3. The Balaban J connectivity index is 0.000000782. The first kappa shape index (κ1) is 33.4. The minimum absolute atomic E-state index is 0.0649. The molecule has 0 aromatic heterocycles. The van der Waals surface area contributed by atoms with Crippen LogP contribution in [-0.4, -0.2) is 49.7 Å². The van der Waals surface area contributed by atoms with E-state index in [1.54, 1.807) is 48.5 Å². The van der Waals surface area contributed by atoms with Crippen LogP contribution in [0, 0.1) is 22.6 Å². The van der Waals surface area contributed by atoms with Crippen LogP contribution < -0.4 is 15.8 Å². The van der Waals surface area contributed by atoms with E-state index in [0.29, 0.717) is 27.8 Å². The van der Waals surface area contributed by atoms with Gasteiger partial charge in [-0.1, -0.05) is 42.5 Å². The number of hydrogen-bond acceptors (Lipinski definition) is 6. The predicted octanol–water partition coefficient (Wildman–Crippen LogP) is 3.06. The third-order valence-corrected chi connectivity index (χ3v) is 6.14. The lowest BCUT2D eigenvalue weighted by Crippen LogP contribution is -2.47. The number of benzene rings is 3. The standard InChI is InChI=1S/C25H24FN5O3S.C2HF3O2/c1-35(33,34)31-23(12-17-3-2-4-19(11-17)24(28)29)25(32)30-15-16-5-7-18(8-6-16)22-13-21(26)10-9-20(22)14-27;3-2(4,5)1(6)7/h2-11,13,23,31H,12,15H2,1H3,(H3,28,29)(H,30,32);(H,6,7)/t23-;/m0./s1. The summed E-state index contributed by atoms with van der Waals surface area (Å²) in [6.45, 7) is 0.128. The van der Waals surface area contributed by atoms with Gasteiger partial charge in [0.2, 0.25) is 15.9 Å². The molecule has 42 heavy (non-hydrogen) atoms. The molecule has 0 saturated carbocycles. The molecule has 0 radical (unpaired) electrons. The van der Waals surface area contributed by atoms with Gasteiger partial charge in [-0.05, 0) is 47.4 Å². The molecule has 0 spiro atoms. The molecule has 1 atom stereocenters. The van der Waals surface area contributed by atoms with E-state index in [2.05, 4.69) is 10.0 Å². The fourth-order valence-corrected chi connectivity index (χ4v) is 4.22. The number of nitrogens with two attached hydrogens (primary N) is 1. The molecule has 0 heterocycles. The molecule has 3 aromatic rings. The molecule has 222 valence electrons. The van der Waals surface area contributed by atoms with E-state index in [-0.39, 0.29) is 18.8 Å². The summed E-state index contributed by atoms with van der Waals surface area (Å²) in [4.78, 5) is 21.7. The van der Waals surface area contributed by atoms with Crippen LogP contribution in [-0.2, 0) is 32.6 Å². The highest BCUT2D eigenvalue weighted by Crippen LogP contribution is 2.25. The highest BCUT2D eigenvalue weighted by Gasteiger charge is 2.38. The molecule has 3 rings (SSSR count). The summed E-state index contributed by atoms with van der Waals surface area (Å²) in [7, 11) is -3.68. The van der Waals surface area contributed by atoms with Gasteiger partial charge in [0.25, 0.3) is 0 Å². The van der Waals surface area contributed by atoms with Gasteiger partial charge in [-0.3, -0.25) is 10.2 Å². The molecule has 0 aliphatic heterocycles. The van der Waals surface area contributed by atoms with E-state index in [1.807, 2.05) is 6.07 Å². The second-order valence-electron chi connectivity index (χ2n) is 8.78. The summed E-state index contributed by atoms with van der Waals surface area (Å²) in [6.07, 6.45) is -4.05. The average Bonchev–Trinajstić information content (AvgIpc) is 2.91. The van der Waals surface area contributed by atoms with Gasteiger partial charge in [0.1, 0.15) is 17.7 Å². The quantitative estimate of drug-likeness (QED) is 0.140. The summed E-state index contributed by atoms with van der Waals surface area (Å²) in [6, 6.07) is 18.5. The largest absolute Gasteiger partial charge is 0.490 e. The third kappa shape index (κ3) is 10.6. The molecule has 0 saturated heterocycles. The SMILES string of the molecule is CS(=O)(=O)N[C@@H](Cc1cccc(C(=N)N)c1)C(=O)NCc1ccc(-c2cc(F)ccc2C#N)cc1.O=C(O)C(F)(F)F. The third-order valence-electron chi connectivity index (χ3n) is 5.43. The molecule has 0 bridgehead atoms. The Morgan fingerprint density at radius 2 is 1.69 bits per heavy atom. The van der Waals surface area contributed by atoms with Gasteiger partial charge in [-0.25, -0.2) is 22.3 Å². The maximum Gasteiger partial charge on any atom is 0.490 e. The van der Waals surface area contributed by atoms with E-state index in [0.717, 1.165) is 11.8 Å². The number of halogens is 4. The average molecular weight is 608 g/mol. The highest BCUT2D eigenvalue weighted by molar-refractivity contribution is 7.88.